The summed E-state index contributed by atoms with van der Waals surface area (Å²) in [5.41, 5.74) is 4.21. The Kier molecular flexibility index (Phi) is 5.95. The summed E-state index contributed by atoms with van der Waals surface area (Å²) < 4.78 is 13.0. The molecule has 4 rings (SSSR count). The van der Waals surface area contributed by atoms with E-state index < -0.39 is 0 Å². The molecule has 0 N–H and O–H groups in total. The number of methoxy groups -OCH3 is 2. The number of aromatic nitrogens is 3. The maximum Gasteiger partial charge on any atom is 0.169 e. The molecular weight excluding hydrogens is 390 g/mol. The Balaban J connectivity index is 1.55. The van der Waals surface area contributed by atoms with Crippen LogP contribution in [-0.4, -0.2) is 35.4 Å². The van der Waals surface area contributed by atoms with Gasteiger partial charge in [-0.2, -0.15) is 0 Å². The predicted molar refractivity (Wildman–Crippen MR) is 115 cm³/mol. The Hall–Kier alpha value is -2.35. The fraction of sp³-hybridized carbons (Fsp3) is 0.238. The van der Waals surface area contributed by atoms with Gasteiger partial charge in [0.15, 0.2) is 5.16 Å². The zero-order valence-electron chi connectivity index (χ0n) is 15.8. The first-order chi connectivity index (χ1) is 13.8. The van der Waals surface area contributed by atoms with Gasteiger partial charge in [-0.15, -0.1) is 11.3 Å². The van der Waals surface area contributed by atoms with E-state index >= 15 is 0 Å². The lowest BCUT2D eigenvalue weighted by Gasteiger charge is -2.07. The highest BCUT2D eigenvalue weighted by atomic mass is 32.2. The van der Waals surface area contributed by atoms with Crippen molar-refractivity contribution >= 4 is 34.1 Å². The van der Waals surface area contributed by atoms with Crippen molar-refractivity contribution in [3.63, 3.8) is 0 Å². The summed E-state index contributed by atoms with van der Waals surface area (Å²) in [5, 5.41) is 4.07. The van der Waals surface area contributed by atoms with Gasteiger partial charge in [0.2, 0.25) is 0 Å². The molecule has 2 aromatic carbocycles. The van der Waals surface area contributed by atoms with Crippen molar-refractivity contribution in [1.82, 2.24) is 14.5 Å². The van der Waals surface area contributed by atoms with Crippen molar-refractivity contribution in [2.75, 3.05) is 20.8 Å². The third kappa shape index (κ3) is 3.92. The van der Waals surface area contributed by atoms with Gasteiger partial charge in [0.25, 0.3) is 0 Å². The van der Waals surface area contributed by atoms with E-state index in [-0.39, 0.29) is 0 Å². The van der Waals surface area contributed by atoms with E-state index in [1.807, 2.05) is 42.5 Å². The molecule has 5 nitrogen and oxygen atoms in total. The molecule has 0 aliphatic rings. The molecule has 0 amide bonds. The van der Waals surface area contributed by atoms with Gasteiger partial charge in [-0.05, 0) is 24.3 Å². The number of thiazole rings is 1. The number of fused-ring (bicyclic) bond motifs is 1. The number of benzene rings is 2. The topological polar surface area (TPSA) is 49.2 Å². The molecule has 144 valence electrons. The Morgan fingerprint density at radius 2 is 1.86 bits per heavy atom. The molecule has 0 unspecified atom stereocenters. The van der Waals surface area contributed by atoms with E-state index in [0.29, 0.717) is 6.61 Å². The average Bonchev–Trinajstić information content (AvgIpc) is 3.35. The number of nitrogens with zero attached hydrogens (tertiary/aromatic N) is 3. The highest BCUT2D eigenvalue weighted by Gasteiger charge is 2.13. The highest BCUT2D eigenvalue weighted by molar-refractivity contribution is 7.98. The van der Waals surface area contributed by atoms with Gasteiger partial charge < -0.3 is 14.0 Å². The molecule has 0 bridgehead atoms. The molecule has 4 aromatic rings. The van der Waals surface area contributed by atoms with Crippen LogP contribution in [0.1, 0.15) is 5.69 Å². The van der Waals surface area contributed by atoms with Crippen LogP contribution in [0.5, 0.6) is 5.75 Å². The minimum atomic E-state index is 0.655. The second-order valence-electron chi connectivity index (χ2n) is 6.16. The fourth-order valence-electron chi connectivity index (χ4n) is 3.02. The molecule has 0 saturated heterocycles. The summed E-state index contributed by atoms with van der Waals surface area (Å²) in [5.74, 6) is 1.61. The first-order valence-electron chi connectivity index (χ1n) is 8.95. The second-order valence-corrected chi connectivity index (χ2v) is 7.96. The van der Waals surface area contributed by atoms with Crippen molar-refractivity contribution in [1.29, 1.82) is 0 Å². The third-order valence-corrected chi connectivity index (χ3v) is 6.31. The SMILES string of the molecule is COCCn1c(SCc2csc(-c3ccccc3OC)n2)nc2ccccc21. The number of thioether (sulfide) groups is 1. The van der Waals surface area contributed by atoms with Crippen LogP contribution in [0.15, 0.2) is 59.1 Å². The van der Waals surface area contributed by atoms with E-state index in [0.717, 1.165) is 50.5 Å². The van der Waals surface area contributed by atoms with Crippen LogP contribution in [0.25, 0.3) is 21.6 Å². The van der Waals surface area contributed by atoms with Crippen LogP contribution in [0.2, 0.25) is 0 Å². The Labute approximate surface area is 172 Å². The van der Waals surface area contributed by atoms with Crippen molar-refractivity contribution < 1.29 is 9.47 Å². The number of para-hydroxylation sites is 3. The van der Waals surface area contributed by atoms with Crippen molar-refractivity contribution in [2.24, 2.45) is 0 Å². The van der Waals surface area contributed by atoms with E-state index in [1.165, 1.54) is 0 Å². The van der Waals surface area contributed by atoms with Crippen LogP contribution in [0, 0.1) is 0 Å². The van der Waals surface area contributed by atoms with Gasteiger partial charge in [0.1, 0.15) is 10.8 Å². The quantitative estimate of drug-likeness (QED) is 0.377. The van der Waals surface area contributed by atoms with Gasteiger partial charge in [-0.1, -0.05) is 36.0 Å². The lowest BCUT2D eigenvalue weighted by molar-refractivity contribution is 0.186. The number of imidazole rings is 1. The monoisotopic (exact) mass is 411 g/mol. The number of rotatable bonds is 8. The number of ether oxygens (including phenoxy) is 2. The Morgan fingerprint density at radius 1 is 1.04 bits per heavy atom. The van der Waals surface area contributed by atoms with Gasteiger partial charge in [-0.25, -0.2) is 9.97 Å². The van der Waals surface area contributed by atoms with Crippen molar-refractivity contribution in [3.8, 4) is 16.3 Å². The smallest absolute Gasteiger partial charge is 0.169 e. The molecule has 0 radical (unpaired) electrons. The summed E-state index contributed by atoms with van der Waals surface area (Å²) in [6.07, 6.45) is 0. The van der Waals surface area contributed by atoms with Gasteiger partial charge in [0, 0.05) is 24.8 Å². The maximum atomic E-state index is 5.46. The van der Waals surface area contributed by atoms with E-state index in [4.69, 9.17) is 19.4 Å². The summed E-state index contributed by atoms with van der Waals surface area (Å²) in [6, 6.07) is 16.2. The molecule has 0 fully saturated rings. The highest BCUT2D eigenvalue weighted by Crippen LogP contribution is 2.33. The maximum absolute atomic E-state index is 5.46. The van der Waals surface area contributed by atoms with Gasteiger partial charge >= 0.3 is 0 Å². The molecule has 2 aromatic heterocycles. The Morgan fingerprint density at radius 3 is 2.71 bits per heavy atom. The summed E-state index contributed by atoms with van der Waals surface area (Å²) in [7, 11) is 3.41. The zero-order chi connectivity index (χ0) is 19.3. The Bertz CT molecular complexity index is 1070. The predicted octanol–water partition coefficient (Wildman–Crippen LogP) is 5.11. The van der Waals surface area contributed by atoms with Crippen molar-refractivity contribution in [2.45, 2.75) is 17.5 Å². The van der Waals surface area contributed by atoms with Crippen LogP contribution in [0.4, 0.5) is 0 Å². The van der Waals surface area contributed by atoms with Crippen LogP contribution in [-0.2, 0) is 17.0 Å². The fourth-order valence-corrected chi connectivity index (χ4v) is 4.91. The number of hydrogen-bond acceptors (Lipinski definition) is 6. The minimum Gasteiger partial charge on any atom is -0.496 e. The van der Waals surface area contributed by atoms with Gasteiger partial charge in [-0.3, -0.25) is 0 Å². The van der Waals surface area contributed by atoms with Gasteiger partial charge in [0.05, 0.1) is 36.0 Å². The lowest BCUT2D eigenvalue weighted by atomic mass is 10.2. The van der Waals surface area contributed by atoms with E-state index in [2.05, 4.69) is 16.0 Å². The molecular formula is C21H21N3O2S2. The lowest BCUT2D eigenvalue weighted by Crippen LogP contribution is -2.05. The molecule has 0 aliphatic heterocycles. The number of hydrogen-bond donors (Lipinski definition) is 0. The summed E-state index contributed by atoms with van der Waals surface area (Å²) in [6.45, 7) is 1.44. The molecule has 2 heterocycles. The van der Waals surface area contributed by atoms with E-state index in [9.17, 15) is 0 Å². The van der Waals surface area contributed by atoms with Crippen LogP contribution in [0.3, 0.4) is 0 Å². The van der Waals surface area contributed by atoms with Crippen LogP contribution < -0.4 is 4.74 Å². The molecule has 0 aliphatic carbocycles. The van der Waals surface area contributed by atoms with Crippen molar-refractivity contribution in [3.05, 3.63) is 59.6 Å². The molecule has 7 heteroatoms. The molecule has 28 heavy (non-hydrogen) atoms. The zero-order valence-corrected chi connectivity index (χ0v) is 17.4. The van der Waals surface area contributed by atoms with E-state index in [1.54, 1.807) is 37.3 Å². The molecule has 0 spiro atoms. The third-order valence-electron chi connectivity index (χ3n) is 4.38. The summed E-state index contributed by atoms with van der Waals surface area (Å²) >= 11 is 3.34. The average molecular weight is 412 g/mol. The first-order valence-corrected chi connectivity index (χ1v) is 10.8. The normalized spacial score (nSPS) is 11.2. The van der Waals surface area contributed by atoms with Crippen LogP contribution >= 0.6 is 23.1 Å². The first kappa shape index (κ1) is 19.0. The molecule has 0 atom stereocenters. The second kappa shape index (κ2) is 8.77. The largest absolute Gasteiger partial charge is 0.496 e. The summed E-state index contributed by atoms with van der Waals surface area (Å²) in [4.78, 5) is 9.60. The minimum absolute atomic E-state index is 0.655. The molecule has 0 saturated carbocycles. The standard InChI is InChI=1S/C21H21N3O2S2/c1-25-12-11-24-18-9-5-4-8-17(18)23-21(24)28-14-15-13-27-20(22-15)16-7-3-6-10-19(16)26-2/h3-10,13H,11-12,14H2,1-2H3.